The second kappa shape index (κ2) is 10.5. The van der Waals surface area contributed by atoms with Gasteiger partial charge >= 0.3 is 0 Å². The minimum absolute atomic E-state index is 0.165. The molecule has 1 unspecified atom stereocenters. The van der Waals surface area contributed by atoms with Crippen LogP contribution in [0, 0.1) is 5.92 Å². The van der Waals surface area contributed by atoms with E-state index in [9.17, 15) is 4.79 Å². The van der Waals surface area contributed by atoms with Crippen LogP contribution in [0.4, 0.5) is 0 Å². The first-order valence-electron chi connectivity index (χ1n) is 11.4. The molecule has 0 N–H and O–H groups in total. The van der Waals surface area contributed by atoms with E-state index in [0.29, 0.717) is 37.7 Å². The number of carbonyl (C=O) groups is 1. The minimum Gasteiger partial charge on any atom is -0.493 e. The van der Waals surface area contributed by atoms with Gasteiger partial charge in [0, 0.05) is 37.2 Å². The summed E-state index contributed by atoms with van der Waals surface area (Å²) in [4.78, 5) is 14.7. The monoisotopic (exact) mass is 445 g/mol. The van der Waals surface area contributed by atoms with E-state index < -0.39 is 0 Å². The summed E-state index contributed by atoms with van der Waals surface area (Å²) in [7, 11) is 1.94. The molecule has 1 atom stereocenters. The van der Waals surface area contributed by atoms with E-state index >= 15 is 0 Å². The Balaban J connectivity index is 1.28. The van der Waals surface area contributed by atoms with E-state index in [4.69, 9.17) is 21.1 Å². The average molecular weight is 446 g/mol. The van der Waals surface area contributed by atoms with Crippen LogP contribution in [0.25, 0.3) is 0 Å². The van der Waals surface area contributed by atoms with Crippen molar-refractivity contribution in [2.45, 2.75) is 51.0 Å². The first kappa shape index (κ1) is 22.2. The van der Waals surface area contributed by atoms with Gasteiger partial charge in [-0.05, 0) is 42.7 Å². The maximum absolute atomic E-state index is 12.7. The van der Waals surface area contributed by atoms with E-state index in [0.717, 1.165) is 35.9 Å². The number of ether oxygens (including phenoxy) is 2. The van der Waals surface area contributed by atoms with Crippen LogP contribution in [0.3, 0.4) is 0 Å². The first-order chi connectivity index (χ1) is 15.1. The molecule has 1 aliphatic carbocycles. The summed E-state index contributed by atoms with van der Waals surface area (Å²) < 4.78 is 13.7. The fraction of sp³-hybridized carbons (Fsp3) is 0.583. The highest BCUT2D eigenvalue weighted by Gasteiger charge is 2.28. The van der Waals surface area contributed by atoms with Gasteiger partial charge in [-0.15, -0.1) is 0 Å². The highest BCUT2D eigenvalue weighted by atomic mass is 35.5. The molecule has 1 amide bonds. The van der Waals surface area contributed by atoms with Crippen molar-refractivity contribution < 1.29 is 14.3 Å². The average Bonchev–Trinajstić information content (AvgIpc) is 3.43. The molecule has 2 aromatic rings. The number of aryl methyl sites for hydroxylation is 1. The molecular formula is C24H32ClN3O3. The third kappa shape index (κ3) is 6.01. The van der Waals surface area contributed by atoms with Crippen LogP contribution < -0.4 is 4.74 Å². The molecular weight excluding hydrogens is 414 g/mol. The van der Waals surface area contributed by atoms with Crippen molar-refractivity contribution in [1.82, 2.24) is 14.7 Å². The van der Waals surface area contributed by atoms with E-state index in [1.54, 1.807) is 0 Å². The Morgan fingerprint density at radius 1 is 1.26 bits per heavy atom. The fourth-order valence-electron chi connectivity index (χ4n) is 4.57. The number of hydrogen-bond donors (Lipinski definition) is 0. The van der Waals surface area contributed by atoms with Crippen molar-refractivity contribution >= 4 is 17.5 Å². The lowest BCUT2D eigenvalue weighted by Gasteiger charge is -2.32. The number of morpholine rings is 1. The zero-order chi connectivity index (χ0) is 21.6. The molecule has 7 heteroatoms. The number of aromatic nitrogens is 2. The zero-order valence-corrected chi connectivity index (χ0v) is 19.0. The van der Waals surface area contributed by atoms with Crippen LogP contribution in [-0.4, -0.2) is 46.9 Å². The summed E-state index contributed by atoms with van der Waals surface area (Å²) >= 11 is 5.91. The molecule has 0 spiro atoms. The second-order valence-electron chi connectivity index (χ2n) is 8.62. The highest BCUT2D eigenvalue weighted by Crippen LogP contribution is 2.29. The number of benzene rings is 1. The van der Waals surface area contributed by atoms with Gasteiger partial charge in [0.25, 0.3) is 0 Å². The molecule has 168 valence electrons. The molecule has 0 bridgehead atoms. The second-order valence-corrected chi connectivity index (χ2v) is 9.06. The zero-order valence-electron chi connectivity index (χ0n) is 18.3. The summed E-state index contributed by atoms with van der Waals surface area (Å²) in [5.74, 6) is 1.80. The lowest BCUT2D eigenvalue weighted by Crippen LogP contribution is -2.42. The molecule has 1 saturated heterocycles. The summed E-state index contributed by atoms with van der Waals surface area (Å²) in [6.45, 7) is 2.37. The number of halogens is 1. The van der Waals surface area contributed by atoms with E-state index in [-0.39, 0.29) is 12.0 Å². The Morgan fingerprint density at radius 2 is 2.03 bits per heavy atom. The summed E-state index contributed by atoms with van der Waals surface area (Å²) in [5, 5.41) is 5.35. The van der Waals surface area contributed by atoms with Gasteiger partial charge in [0.05, 0.1) is 25.5 Å². The van der Waals surface area contributed by atoms with Crippen molar-refractivity contribution in [3.8, 4) is 5.75 Å². The van der Waals surface area contributed by atoms with E-state index in [1.165, 1.54) is 25.7 Å². The summed E-state index contributed by atoms with van der Waals surface area (Å²) in [5.41, 5.74) is 1.97. The summed E-state index contributed by atoms with van der Waals surface area (Å²) in [6.07, 6.45) is 7.49. The van der Waals surface area contributed by atoms with Crippen LogP contribution in [-0.2, 0) is 23.0 Å². The Bertz CT molecular complexity index is 861. The van der Waals surface area contributed by atoms with Crippen LogP contribution in [0.15, 0.2) is 30.3 Å². The molecule has 0 radical (unpaired) electrons. The lowest BCUT2D eigenvalue weighted by atomic mass is 10.0. The largest absolute Gasteiger partial charge is 0.493 e. The fourth-order valence-corrected chi connectivity index (χ4v) is 4.69. The normalized spacial score (nSPS) is 19.7. The van der Waals surface area contributed by atoms with Crippen molar-refractivity contribution in [2.24, 2.45) is 13.0 Å². The lowest BCUT2D eigenvalue weighted by molar-refractivity contribution is -0.139. The Kier molecular flexibility index (Phi) is 7.51. The van der Waals surface area contributed by atoms with Crippen LogP contribution in [0.5, 0.6) is 5.75 Å². The molecule has 6 nitrogen and oxygen atoms in total. The van der Waals surface area contributed by atoms with Crippen LogP contribution in [0.2, 0.25) is 5.02 Å². The molecule has 31 heavy (non-hydrogen) atoms. The maximum Gasteiger partial charge on any atom is 0.222 e. The number of amides is 1. The highest BCUT2D eigenvalue weighted by molar-refractivity contribution is 6.30. The topological polar surface area (TPSA) is 56.6 Å². The maximum atomic E-state index is 12.7. The SMILES string of the molecule is Cn1nc(C2CN(C(=O)CCC3CCCC3)CCO2)cc1CCOc1ccc(Cl)cc1. The van der Waals surface area contributed by atoms with E-state index in [2.05, 4.69) is 11.2 Å². The number of hydrogen-bond acceptors (Lipinski definition) is 4. The third-order valence-electron chi connectivity index (χ3n) is 6.43. The molecule has 4 rings (SSSR count). The molecule has 1 saturated carbocycles. The van der Waals surface area contributed by atoms with Crippen molar-refractivity contribution in [3.05, 3.63) is 46.7 Å². The Labute approximate surface area is 189 Å². The van der Waals surface area contributed by atoms with Gasteiger partial charge in [-0.3, -0.25) is 9.48 Å². The van der Waals surface area contributed by atoms with Gasteiger partial charge in [-0.1, -0.05) is 37.3 Å². The van der Waals surface area contributed by atoms with Gasteiger partial charge in [-0.2, -0.15) is 5.10 Å². The van der Waals surface area contributed by atoms with E-state index in [1.807, 2.05) is 40.9 Å². The molecule has 1 aromatic heterocycles. The number of rotatable bonds is 8. The third-order valence-corrected chi connectivity index (χ3v) is 6.68. The van der Waals surface area contributed by atoms with Gasteiger partial charge in [0.15, 0.2) is 0 Å². The molecule has 2 heterocycles. The van der Waals surface area contributed by atoms with Crippen molar-refractivity contribution in [2.75, 3.05) is 26.3 Å². The first-order valence-corrected chi connectivity index (χ1v) is 11.8. The van der Waals surface area contributed by atoms with Gasteiger partial charge in [-0.25, -0.2) is 0 Å². The van der Waals surface area contributed by atoms with Crippen LogP contribution in [0.1, 0.15) is 56.0 Å². The standard InChI is InChI=1S/C24H32ClN3O3/c1-27-20(12-14-30-21-9-7-19(25)8-10-21)16-22(26-27)23-17-28(13-15-31-23)24(29)11-6-18-4-2-3-5-18/h7-10,16,18,23H,2-6,11-15,17H2,1H3. The van der Waals surface area contributed by atoms with Gasteiger partial charge in [0.1, 0.15) is 11.9 Å². The number of nitrogens with zero attached hydrogens (tertiary/aromatic N) is 3. The Morgan fingerprint density at radius 3 is 2.81 bits per heavy atom. The molecule has 1 aliphatic heterocycles. The predicted octanol–water partition coefficient (Wildman–Crippen LogP) is 4.57. The van der Waals surface area contributed by atoms with Crippen molar-refractivity contribution in [3.63, 3.8) is 0 Å². The minimum atomic E-state index is -0.165. The van der Waals surface area contributed by atoms with Gasteiger partial charge in [0.2, 0.25) is 5.91 Å². The molecule has 1 aromatic carbocycles. The Hall–Kier alpha value is -2.05. The van der Waals surface area contributed by atoms with Crippen LogP contribution >= 0.6 is 11.6 Å². The molecule has 2 fully saturated rings. The van der Waals surface area contributed by atoms with Gasteiger partial charge < -0.3 is 14.4 Å². The number of carbonyl (C=O) groups excluding carboxylic acids is 1. The predicted molar refractivity (Wildman–Crippen MR) is 120 cm³/mol. The summed E-state index contributed by atoms with van der Waals surface area (Å²) in [6, 6.07) is 9.44. The molecule has 2 aliphatic rings. The quantitative estimate of drug-likeness (QED) is 0.597. The van der Waals surface area contributed by atoms with Crippen molar-refractivity contribution in [1.29, 1.82) is 0 Å². The smallest absolute Gasteiger partial charge is 0.222 e.